The third-order valence-electron chi connectivity index (χ3n) is 2.64. The van der Waals surface area contributed by atoms with Gasteiger partial charge in [0, 0.05) is 18.8 Å². The minimum Gasteiger partial charge on any atom is -0.372 e. The number of hydrogen-bond acceptors (Lipinski definition) is 3. The first-order valence-electron chi connectivity index (χ1n) is 4.95. The van der Waals surface area contributed by atoms with Gasteiger partial charge in [-0.25, -0.2) is 13.6 Å². The summed E-state index contributed by atoms with van der Waals surface area (Å²) in [6, 6.07) is 6.74. The van der Waals surface area contributed by atoms with E-state index in [1.54, 1.807) is 12.1 Å². The molecule has 1 aromatic rings. The third kappa shape index (κ3) is 2.30. The number of primary sulfonamides is 1. The van der Waals surface area contributed by atoms with Crippen LogP contribution in [-0.2, 0) is 10.0 Å². The van der Waals surface area contributed by atoms with Crippen LogP contribution in [0.2, 0.25) is 0 Å². The quantitative estimate of drug-likeness (QED) is 0.816. The predicted octanol–water partition coefficient (Wildman–Crippen LogP) is 0.934. The Morgan fingerprint density at radius 1 is 1.07 bits per heavy atom. The first-order chi connectivity index (χ1) is 7.07. The van der Waals surface area contributed by atoms with Gasteiger partial charge in [0.25, 0.3) is 0 Å². The zero-order chi connectivity index (χ0) is 10.9. The van der Waals surface area contributed by atoms with E-state index < -0.39 is 10.0 Å². The number of sulfonamides is 1. The standard InChI is InChI=1S/C10H14N2O2S/c11-15(13,14)10-5-3-9(4-6-10)12-7-1-2-8-12/h3-6H,1-2,7-8H2,(H2,11,13,14). The van der Waals surface area contributed by atoms with E-state index in [0.717, 1.165) is 18.8 Å². The first kappa shape index (κ1) is 10.4. The lowest BCUT2D eigenvalue weighted by molar-refractivity contribution is 0.598. The molecule has 0 atom stereocenters. The molecular formula is C10H14N2O2S. The van der Waals surface area contributed by atoms with Crippen LogP contribution in [0.3, 0.4) is 0 Å². The topological polar surface area (TPSA) is 63.4 Å². The highest BCUT2D eigenvalue weighted by Gasteiger charge is 2.13. The summed E-state index contributed by atoms with van der Waals surface area (Å²) in [5.41, 5.74) is 1.07. The molecule has 2 rings (SSSR count). The van der Waals surface area contributed by atoms with E-state index in [4.69, 9.17) is 5.14 Å². The number of hydrogen-bond donors (Lipinski definition) is 1. The minimum atomic E-state index is -3.56. The Kier molecular flexibility index (Phi) is 2.67. The fourth-order valence-electron chi connectivity index (χ4n) is 1.82. The maximum Gasteiger partial charge on any atom is 0.238 e. The second-order valence-corrected chi connectivity index (χ2v) is 5.29. The Bertz CT molecular complexity index is 433. The molecule has 0 aromatic heterocycles. The van der Waals surface area contributed by atoms with Gasteiger partial charge >= 0.3 is 0 Å². The zero-order valence-corrected chi connectivity index (χ0v) is 9.20. The number of benzene rings is 1. The number of anilines is 1. The van der Waals surface area contributed by atoms with Gasteiger partial charge in [0.1, 0.15) is 0 Å². The van der Waals surface area contributed by atoms with Crippen molar-refractivity contribution >= 4 is 15.7 Å². The molecule has 2 N–H and O–H groups in total. The first-order valence-corrected chi connectivity index (χ1v) is 6.50. The molecule has 0 unspecified atom stereocenters. The Morgan fingerprint density at radius 2 is 1.60 bits per heavy atom. The van der Waals surface area contributed by atoms with E-state index in [0.29, 0.717) is 0 Å². The molecule has 0 spiro atoms. The number of nitrogens with two attached hydrogens (primary N) is 1. The summed E-state index contributed by atoms with van der Waals surface area (Å²) < 4.78 is 22.1. The van der Waals surface area contributed by atoms with Crippen molar-refractivity contribution in [3.8, 4) is 0 Å². The van der Waals surface area contributed by atoms with Crippen molar-refractivity contribution in [2.45, 2.75) is 17.7 Å². The average molecular weight is 226 g/mol. The van der Waals surface area contributed by atoms with Crippen LogP contribution in [0.4, 0.5) is 5.69 Å². The summed E-state index contributed by atoms with van der Waals surface area (Å²) in [5.74, 6) is 0. The number of nitrogens with zero attached hydrogens (tertiary/aromatic N) is 1. The summed E-state index contributed by atoms with van der Waals surface area (Å²) in [7, 11) is -3.56. The normalized spacial score (nSPS) is 17.0. The van der Waals surface area contributed by atoms with Gasteiger partial charge in [-0.1, -0.05) is 0 Å². The summed E-state index contributed by atoms with van der Waals surface area (Å²) >= 11 is 0. The predicted molar refractivity (Wildman–Crippen MR) is 59.3 cm³/mol. The van der Waals surface area contributed by atoms with Gasteiger partial charge < -0.3 is 4.90 Å². The van der Waals surface area contributed by atoms with Gasteiger partial charge in [-0.15, -0.1) is 0 Å². The summed E-state index contributed by atoms with van der Waals surface area (Å²) in [4.78, 5) is 2.41. The molecule has 4 nitrogen and oxygen atoms in total. The van der Waals surface area contributed by atoms with Crippen LogP contribution >= 0.6 is 0 Å². The highest BCUT2D eigenvalue weighted by Crippen LogP contribution is 2.21. The summed E-state index contributed by atoms with van der Waals surface area (Å²) in [6.45, 7) is 2.10. The third-order valence-corrected chi connectivity index (χ3v) is 3.57. The molecule has 1 heterocycles. The minimum absolute atomic E-state index is 0.172. The van der Waals surface area contributed by atoms with E-state index in [-0.39, 0.29) is 4.90 Å². The van der Waals surface area contributed by atoms with E-state index in [1.165, 1.54) is 12.8 Å². The zero-order valence-electron chi connectivity index (χ0n) is 8.39. The van der Waals surface area contributed by atoms with Crippen molar-refractivity contribution in [2.24, 2.45) is 5.14 Å². The van der Waals surface area contributed by atoms with Crippen molar-refractivity contribution in [1.82, 2.24) is 0 Å². The van der Waals surface area contributed by atoms with E-state index in [9.17, 15) is 8.42 Å². The van der Waals surface area contributed by atoms with Gasteiger partial charge in [-0.05, 0) is 37.1 Å². The highest BCUT2D eigenvalue weighted by molar-refractivity contribution is 7.89. The van der Waals surface area contributed by atoms with Crippen LogP contribution in [0.1, 0.15) is 12.8 Å². The maximum atomic E-state index is 11.0. The molecule has 1 aromatic carbocycles. The van der Waals surface area contributed by atoms with Crippen LogP contribution in [0, 0.1) is 0 Å². The molecule has 0 radical (unpaired) electrons. The molecule has 0 amide bonds. The Balaban J connectivity index is 2.24. The largest absolute Gasteiger partial charge is 0.372 e. The fraction of sp³-hybridized carbons (Fsp3) is 0.400. The van der Waals surface area contributed by atoms with Gasteiger partial charge in [0.05, 0.1) is 4.90 Å². The number of rotatable bonds is 2. The van der Waals surface area contributed by atoms with Gasteiger partial charge in [-0.2, -0.15) is 0 Å². The average Bonchev–Trinajstić information content (AvgIpc) is 2.69. The molecule has 0 saturated carbocycles. The van der Waals surface area contributed by atoms with Crippen molar-refractivity contribution in [3.05, 3.63) is 24.3 Å². The van der Waals surface area contributed by atoms with Crippen molar-refractivity contribution in [1.29, 1.82) is 0 Å². The monoisotopic (exact) mass is 226 g/mol. The fourth-order valence-corrected chi connectivity index (χ4v) is 2.34. The van der Waals surface area contributed by atoms with Crippen molar-refractivity contribution < 1.29 is 8.42 Å². The Morgan fingerprint density at radius 3 is 2.07 bits per heavy atom. The van der Waals surface area contributed by atoms with E-state index in [1.807, 2.05) is 12.1 Å². The Labute approximate surface area is 89.7 Å². The highest BCUT2D eigenvalue weighted by atomic mass is 32.2. The van der Waals surface area contributed by atoms with Gasteiger partial charge in [0.2, 0.25) is 10.0 Å². The molecule has 1 aliphatic heterocycles. The van der Waals surface area contributed by atoms with E-state index in [2.05, 4.69) is 4.90 Å². The maximum absolute atomic E-state index is 11.0. The van der Waals surface area contributed by atoms with Crippen LogP contribution in [0.5, 0.6) is 0 Å². The lowest BCUT2D eigenvalue weighted by Gasteiger charge is -2.17. The van der Waals surface area contributed by atoms with Crippen molar-refractivity contribution in [3.63, 3.8) is 0 Å². The van der Waals surface area contributed by atoms with Gasteiger partial charge in [0.15, 0.2) is 0 Å². The van der Waals surface area contributed by atoms with E-state index >= 15 is 0 Å². The van der Waals surface area contributed by atoms with Crippen LogP contribution in [-0.4, -0.2) is 21.5 Å². The molecule has 1 aliphatic rings. The SMILES string of the molecule is NS(=O)(=O)c1ccc(N2CCCC2)cc1. The Hall–Kier alpha value is -1.07. The molecule has 82 valence electrons. The molecule has 0 bridgehead atoms. The van der Waals surface area contributed by atoms with Gasteiger partial charge in [-0.3, -0.25) is 0 Å². The molecule has 1 saturated heterocycles. The molecule has 0 aliphatic carbocycles. The van der Waals surface area contributed by atoms with Crippen molar-refractivity contribution in [2.75, 3.05) is 18.0 Å². The van der Waals surface area contributed by atoms with Crippen LogP contribution in [0.25, 0.3) is 0 Å². The second kappa shape index (κ2) is 3.83. The second-order valence-electron chi connectivity index (χ2n) is 3.73. The smallest absolute Gasteiger partial charge is 0.238 e. The van der Waals surface area contributed by atoms with Crippen LogP contribution < -0.4 is 10.0 Å². The molecule has 5 heteroatoms. The summed E-state index contributed by atoms with van der Waals surface area (Å²) in [5, 5.41) is 5.02. The molecule has 15 heavy (non-hydrogen) atoms. The lowest BCUT2D eigenvalue weighted by Crippen LogP contribution is -2.18. The van der Waals surface area contributed by atoms with Crippen LogP contribution in [0.15, 0.2) is 29.2 Å². The molecular weight excluding hydrogens is 212 g/mol. The summed E-state index contributed by atoms with van der Waals surface area (Å²) in [6.07, 6.45) is 2.41. The molecule has 1 fully saturated rings. The lowest BCUT2D eigenvalue weighted by atomic mass is 10.3.